The molecule has 0 unspecified atom stereocenters. The van der Waals surface area contributed by atoms with Gasteiger partial charge in [0.15, 0.2) is 0 Å². The number of carbonyl (C=O) groups excluding carboxylic acids is 2. The Bertz CT molecular complexity index is 970. The lowest BCUT2D eigenvalue weighted by Gasteiger charge is -2.17. The fraction of sp³-hybridized carbons (Fsp3) is 0.167. The molecule has 0 aliphatic heterocycles. The number of nitrogens with one attached hydrogen (secondary N) is 1. The molecule has 0 aromatic heterocycles. The van der Waals surface area contributed by atoms with Crippen LogP contribution >= 0.6 is 0 Å². The van der Waals surface area contributed by atoms with E-state index in [-0.39, 0.29) is 24.0 Å². The summed E-state index contributed by atoms with van der Waals surface area (Å²) in [6, 6.07) is 22.9. The number of benzene rings is 3. The van der Waals surface area contributed by atoms with Gasteiger partial charge in [-0.1, -0.05) is 30.3 Å². The van der Waals surface area contributed by atoms with Gasteiger partial charge in [0.05, 0.1) is 13.0 Å². The highest BCUT2D eigenvalue weighted by molar-refractivity contribution is 6.05. The summed E-state index contributed by atoms with van der Waals surface area (Å²) in [7, 11) is 1.68. The summed E-state index contributed by atoms with van der Waals surface area (Å²) in [5, 5.41) is 12.2. The lowest BCUT2D eigenvalue weighted by molar-refractivity contribution is -0.121. The highest BCUT2D eigenvalue weighted by atomic mass is 16.5. The van der Waals surface area contributed by atoms with Crippen molar-refractivity contribution in [1.29, 1.82) is 0 Å². The van der Waals surface area contributed by atoms with Crippen LogP contribution in [-0.4, -0.2) is 30.6 Å². The Morgan fingerprint density at radius 1 is 0.933 bits per heavy atom. The number of amides is 2. The van der Waals surface area contributed by atoms with E-state index in [0.717, 1.165) is 11.3 Å². The second-order valence-corrected chi connectivity index (χ2v) is 6.77. The molecule has 0 fully saturated rings. The zero-order valence-electron chi connectivity index (χ0n) is 16.7. The van der Waals surface area contributed by atoms with Crippen LogP contribution in [0.15, 0.2) is 78.9 Å². The van der Waals surface area contributed by atoms with Gasteiger partial charge >= 0.3 is 0 Å². The number of carbonyl (C=O) groups is 2. The fourth-order valence-corrected chi connectivity index (χ4v) is 2.82. The maximum atomic E-state index is 12.6. The average Bonchev–Trinajstić information content (AvgIpc) is 2.78. The molecule has 0 aliphatic rings. The minimum Gasteiger partial charge on any atom is -0.508 e. The third kappa shape index (κ3) is 5.85. The van der Waals surface area contributed by atoms with Gasteiger partial charge in [-0.25, -0.2) is 0 Å². The van der Waals surface area contributed by atoms with Crippen molar-refractivity contribution in [1.82, 2.24) is 5.32 Å². The summed E-state index contributed by atoms with van der Waals surface area (Å²) in [4.78, 5) is 26.1. The zero-order valence-corrected chi connectivity index (χ0v) is 16.7. The molecule has 3 aromatic carbocycles. The second kappa shape index (κ2) is 10.1. The number of phenols is 1. The van der Waals surface area contributed by atoms with E-state index in [9.17, 15) is 14.7 Å². The third-order valence-corrected chi connectivity index (χ3v) is 4.57. The predicted octanol–water partition coefficient (Wildman–Crippen LogP) is 3.75. The SMILES string of the molecule is CN(C(=O)c1ccc(CNC(=O)CCOc2ccccc2)cc1)c1ccc(O)cc1. The molecule has 0 saturated heterocycles. The van der Waals surface area contributed by atoms with Gasteiger partial charge in [0, 0.05) is 24.8 Å². The monoisotopic (exact) mass is 404 g/mol. The van der Waals surface area contributed by atoms with E-state index < -0.39 is 0 Å². The Kier molecular flexibility index (Phi) is 7.05. The van der Waals surface area contributed by atoms with Gasteiger partial charge in [-0.05, 0) is 54.1 Å². The van der Waals surface area contributed by atoms with Crippen LogP contribution in [0.3, 0.4) is 0 Å². The van der Waals surface area contributed by atoms with Crippen LogP contribution in [0.1, 0.15) is 22.3 Å². The number of ether oxygens (including phenoxy) is 1. The molecule has 0 saturated carbocycles. The van der Waals surface area contributed by atoms with E-state index in [1.54, 1.807) is 31.3 Å². The first kappa shape index (κ1) is 20.9. The van der Waals surface area contributed by atoms with Crippen LogP contribution in [0.5, 0.6) is 11.5 Å². The largest absolute Gasteiger partial charge is 0.508 e. The number of para-hydroxylation sites is 1. The quantitative estimate of drug-likeness (QED) is 0.599. The van der Waals surface area contributed by atoms with Crippen molar-refractivity contribution >= 4 is 17.5 Å². The molecule has 0 spiro atoms. The van der Waals surface area contributed by atoms with E-state index in [0.29, 0.717) is 24.4 Å². The van der Waals surface area contributed by atoms with Gasteiger partial charge in [-0.15, -0.1) is 0 Å². The molecule has 6 nitrogen and oxygen atoms in total. The normalized spacial score (nSPS) is 10.3. The zero-order chi connectivity index (χ0) is 21.3. The summed E-state index contributed by atoms with van der Waals surface area (Å²) < 4.78 is 5.52. The van der Waals surface area contributed by atoms with Gasteiger partial charge in [-0.2, -0.15) is 0 Å². The van der Waals surface area contributed by atoms with E-state index in [1.165, 1.54) is 17.0 Å². The second-order valence-electron chi connectivity index (χ2n) is 6.77. The molecule has 0 heterocycles. The Balaban J connectivity index is 1.46. The molecular weight excluding hydrogens is 380 g/mol. The van der Waals surface area contributed by atoms with Crippen LogP contribution in [-0.2, 0) is 11.3 Å². The van der Waals surface area contributed by atoms with Crippen LogP contribution in [0.2, 0.25) is 0 Å². The van der Waals surface area contributed by atoms with Gasteiger partial charge in [0.25, 0.3) is 5.91 Å². The Labute approximate surface area is 175 Å². The van der Waals surface area contributed by atoms with Crippen LogP contribution in [0.4, 0.5) is 5.69 Å². The molecule has 6 heteroatoms. The molecule has 3 rings (SSSR count). The van der Waals surface area contributed by atoms with E-state index >= 15 is 0 Å². The molecule has 30 heavy (non-hydrogen) atoms. The summed E-state index contributed by atoms with van der Waals surface area (Å²) in [6.07, 6.45) is 0.267. The van der Waals surface area contributed by atoms with Crippen molar-refractivity contribution in [3.63, 3.8) is 0 Å². The van der Waals surface area contributed by atoms with Crippen molar-refractivity contribution in [2.24, 2.45) is 0 Å². The van der Waals surface area contributed by atoms with Gasteiger partial charge < -0.3 is 20.1 Å². The van der Waals surface area contributed by atoms with Gasteiger partial charge in [0.1, 0.15) is 11.5 Å². The molecule has 3 aromatic rings. The molecule has 2 N–H and O–H groups in total. The van der Waals surface area contributed by atoms with Crippen molar-refractivity contribution in [2.75, 3.05) is 18.6 Å². The van der Waals surface area contributed by atoms with E-state index in [2.05, 4.69) is 5.32 Å². The van der Waals surface area contributed by atoms with Crippen LogP contribution < -0.4 is 15.0 Å². The molecule has 0 radical (unpaired) electrons. The van der Waals surface area contributed by atoms with Gasteiger partial charge in [-0.3, -0.25) is 9.59 Å². The number of nitrogens with zero attached hydrogens (tertiary/aromatic N) is 1. The Morgan fingerprint density at radius 3 is 2.27 bits per heavy atom. The van der Waals surface area contributed by atoms with Crippen molar-refractivity contribution in [3.05, 3.63) is 90.0 Å². The standard InChI is InChI=1S/C24H24N2O4/c1-26(20-11-13-21(27)14-12-20)24(29)19-9-7-18(8-10-19)17-25-23(28)15-16-30-22-5-3-2-4-6-22/h2-14,27H,15-17H2,1H3,(H,25,28). The Hall–Kier alpha value is -3.80. The number of anilines is 1. The molecular formula is C24H24N2O4. The molecule has 0 bridgehead atoms. The maximum absolute atomic E-state index is 12.6. The highest BCUT2D eigenvalue weighted by Gasteiger charge is 2.13. The lowest BCUT2D eigenvalue weighted by atomic mass is 10.1. The summed E-state index contributed by atoms with van der Waals surface area (Å²) in [6.45, 7) is 0.694. The highest BCUT2D eigenvalue weighted by Crippen LogP contribution is 2.19. The smallest absolute Gasteiger partial charge is 0.258 e. The summed E-state index contributed by atoms with van der Waals surface area (Å²) in [5.74, 6) is 0.632. The van der Waals surface area contributed by atoms with E-state index in [4.69, 9.17) is 4.74 Å². The minimum atomic E-state index is -0.158. The topological polar surface area (TPSA) is 78.9 Å². The van der Waals surface area contributed by atoms with Crippen LogP contribution in [0.25, 0.3) is 0 Å². The van der Waals surface area contributed by atoms with Gasteiger partial charge in [0.2, 0.25) is 5.91 Å². The van der Waals surface area contributed by atoms with Crippen molar-refractivity contribution in [2.45, 2.75) is 13.0 Å². The first-order valence-electron chi connectivity index (χ1n) is 9.63. The number of phenolic OH excluding ortho intramolecular Hbond substituents is 1. The molecule has 2 amide bonds. The fourth-order valence-electron chi connectivity index (χ4n) is 2.82. The number of hydrogen-bond acceptors (Lipinski definition) is 4. The number of aromatic hydroxyl groups is 1. The molecule has 154 valence electrons. The lowest BCUT2D eigenvalue weighted by Crippen LogP contribution is -2.26. The number of hydrogen-bond donors (Lipinski definition) is 2. The minimum absolute atomic E-state index is 0.0989. The summed E-state index contributed by atoms with van der Waals surface area (Å²) in [5.41, 5.74) is 2.12. The first-order valence-corrected chi connectivity index (χ1v) is 9.63. The molecule has 0 aliphatic carbocycles. The first-order chi connectivity index (χ1) is 14.5. The molecule has 0 atom stereocenters. The third-order valence-electron chi connectivity index (χ3n) is 4.57. The summed E-state index contributed by atoms with van der Waals surface area (Å²) >= 11 is 0. The average molecular weight is 404 g/mol. The van der Waals surface area contributed by atoms with E-state index in [1.807, 2.05) is 42.5 Å². The Morgan fingerprint density at radius 2 is 1.60 bits per heavy atom. The number of rotatable bonds is 8. The van der Waals surface area contributed by atoms with Crippen molar-refractivity contribution < 1.29 is 19.4 Å². The van der Waals surface area contributed by atoms with Crippen LogP contribution in [0, 0.1) is 0 Å². The van der Waals surface area contributed by atoms with Crippen molar-refractivity contribution in [3.8, 4) is 11.5 Å². The maximum Gasteiger partial charge on any atom is 0.258 e. The predicted molar refractivity (Wildman–Crippen MR) is 116 cm³/mol.